The minimum absolute atomic E-state index is 0.0157. The van der Waals surface area contributed by atoms with E-state index < -0.39 is 10.0 Å². The standard InChI is InChI=1S/C26H30N2O3S2/c1-19(2)20-10-12-21(13-11-20)25(24-9-6-18-32-24)27-26(29)22-14-16-28(17-15-22)33(30,31)23-7-4-3-5-8-23/h3-13,18-19,22,25H,14-17H2,1-2H3,(H,27,29). The number of carbonyl (C=O) groups is 1. The molecule has 0 bridgehead atoms. The maximum absolute atomic E-state index is 13.2. The summed E-state index contributed by atoms with van der Waals surface area (Å²) < 4.78 is 27.3. The van der Waals surface area contributed by atoms with Crippen molar-refractivity contribution < 1.29 is 13.2 Å². The van der Waals surface area contributed by atoms with Gasteiger partial charge in [-0.25, -0.2) is 8.42 Å². The van der Waals surface area contributed by atoms with Crippen molar-refractivity contribution in [3.63, 3.8) is 0 Å². The van der Waals surface area contributed by atoms with Crippen molar-refractivity contribution in [2.75, 3.05) is 13.1 Å². The third-order valence-electron chi connectivity index (χ3n) is 6.26. The molecule has 1 unspecified atom stereocenters. The molecule has 5 nitrogen and oxygen atoms in total. The second-order valence-electron chi connectivity index (χ2n) is 8.77. The fourth-order valence-electron chi connectivity index (χ4n) is 4.21. The van der Waals surface area contributed by atoms with Crippen molar-refractivity contribution in [1.29, 1.82) is 0 Å². The van der Waals surface area contributed by atoms with E-state index in [1.807, 2.05) is 17.5 Å². The molecule has 0 saturated carbocycles. The molecule has 1 aliphatic heterocycles. The van der Waals surface area contributed by atoms with Gasteiger partial charge in [0.1, 0.15) is 0 Å². The van der Waals surface area contributed by atoms with Crippen molar-refractivity contribution in [3.05, 3.63) is 88.1 Å². The summed E-state index contributed by atoms with van der Waals surface area (Å²) in [5, 5.41) is 5.26. The van der Waals surface area contributed by atoms with E-state index in [0.29, 0.717) is 36.7 Å². The number of nitrogens with one attached hydrogen (secondary N) is 1. The molecule has 0 aliphatic carbocycles. The van der Waals surface area contributed by atoms with Crippen LogP contribution >= 0.6 is 11.3 Å². The number of sulfonamides is 1. The van der Waals surface area contributed by atoms with E-state index in [0.717, 1.165) is 10.4 Å². The SMILES string of the molecule is CC(C)c1ccc(C(NC(=O)C2CCN(S(=O)(=O)c3ccccc3)CC2)c2cccs2)cc1. The summed E-state index contributed by atoms with van der Waals surface area (Å²) in [6.07, 6.45) is 1.03. The van der Waals surface area contributed by atoms with Gasteiger partial charge < -0.3 is 5.32 Å². The number of carbonyl (C=O) groups excluding carboxylic acids is 1. The molecular formula is C26H30N2O3S2. The Morgan fingerprint density at radius 1 is 0.939 bits per heavy atom. The Balaban J connectivity index is 1.44. The van der Waals surface area contributed by atoms with Crippen LogP contribution in [-0.4, -0.2) is 31.7 Å². The van der Waals surface area contributed by atoms with Crippen molar-refractivity contribution >= 4 is 27.3 Å². The van der Waals surface area contributed by atoms with Crippen LogP contribution in [0.4, 0.5) is 0 Å². The van der Waals surface area contributed by atoms with E-state index in [1.54, 1.807) is 41.7 Å². The molecule has 0 spiro atoms. The first-order valence-corrected chi connectivity index (χ1v) is 13.7. The molecule has 7 heteroatoms. The Hall–Kier alpha value is -2.48. The number of piperidine rings is 1. The monoisotopic (exact) mass is 482 g/mol. The van der Waals surface area contributed by atoms with Gasteiger partial charge in [-0.05, 0) is 53.5 Å². The van der Waals surface area contributed by atoms with Gasteiger partial charge >= 0.3 is 0 Å². The number of nitrogens with zero attached hydrogens (tertiary/aromatic N) is 1. The van der Waals surface area contributed by atoms with Crippen molar-refractivity contribution in [1.82, 2.24) is 9.62 Å². The topological polar surface area (TPSA) is 66.5 Å². The number of hydrogen-bond acceptors (Lipinski definition) is 4. The molecule has 2 aromatic carbocycles. The Bertz CT molecular complexity index is 1150. The summed E-state index contributed by atoms with van der Waals surface area (Å²) >= 11 is 1.62. The van der Waals surface area contributed by atoms with Gasteiger partial charge in [0.15, 0.2) is 0 Å². The van der Waals surface area contributed by atoms with Crippen LogP contribution in [0, 0.1) is 5.92 Å². The lowest BCUT2D eigenvalue weighted by Gasteiger charge is -2.31. The second-order valence-corrected chi connectivity index (χ2v) is 11.7. The summed E-state index contributed by atoms with van der Waals surface area (Å²) in [5.74, 6) is 0.230. The lowest BCUT2D eigenvalue weighted by molar-refractivity contribution is -0.126. The lowest BCUT2D eigenvalue weighted by Crippen LogP contribution is -2.43. The molecule has 0 radical (unpaired) electrons. The summed E-state index contributed by atoms with van der Waals surface area (Å²) in [5.41, 5.74) is 2.32. The predicted octanol–water partition coefficient (Wildman–Crippen LogP) is 5.18. The quantitative estimate of drug-likeness (QED) is 0.505. The maximum atomic E-state index is 13.2. The molecule has 1 amide bonds. The molecule has 1 aromatic heterocycles. The Kier molecular flexibility index (Phi) is 7.32. The normalized spacial score (nSPS) is 16.6. The van der Waals surface area contributed by atoms with Gasteiger partial charge in [0.2, 0.25) is 15.9 Å². The third kappa shape index (κ3) is 5.37. The smallest absolute Gasteiger partial charge is 0.243 e. The molecule has 1 N–H and O–H groups in total. The van der Waals surface area contributed by atoms with Crippen LogP contribution in [0.5, 0.6) is 0 Å². The van der Waals surface area contributed by atoms with E-state index in [1.165, 1.54) is 9.87 Å². The molecule has 174 valence electrons. The fraction of sp³-hybridized carbons (Fsp3) is 0.346. The molecule has 1 saturated heterocycles. The first-order valence-electron chi connectivity index (χ1n) is 11.3. The van der Waals surface area contributed by atoms with Gasteiger partial charge in [-0.15, -0.1) is 11.3 Å². The Morgan fingerprint density at radius 3 is 2.15 bits per heavy atom. The zero-order chi connectivity index (χ0) is 23.4. The fourth-order valence-corrected chi connectivity index (χ4v) is 6.50. The first kappa shape index (κ1) is 23.7. The number of benzene rings is 2. The minimum Gasteiger partial charge on any atom is -0.344 e. The molecule has 4 rings (SSSR count). The van der Waals surface area contributed by atoms with Crippen LogP contribution < -0.4 is 5.32 Å². The average molecular weight is 483 g/mol. The van der Waals surface area contributed by atoms with E-state index in [9.17, 15) is 13.2 Å². The lowest BCUT2D eigenvalue weighted by atomic mass is 9.95. The highest BCUT2D eigenvalue weighted by Gasteiger charge is 2.33. The van der Waals surface area contributed by atoms with E-state index in [4.69, 9.17) is 0 Å². The summed E-state index contributed by atoms with van der Waals surface area (Å²) in [4.78, 5) is 14.6. The van der Waals surface area contributed by atoms with E-state index in [2.05, 4.69) is 43.4 Å². The van der Waals surface area contributed by atoms with Crippen LogP contribution in [0.15, 0.2) is 77.0 Å². The molecule has 1 aliphatic rings. The zero-order valence-electron chi connectivity index (χ0n) is 19.0. The molecule has 3 aromatic rings. The maximum Gasteiger partial charge on any atom is 0.243 e. The Morgan fingerprint density at radius 2 is 1.58 bits per heavy atom. The predicted molar refractivity (Wildman–Crippen MR) is 133 cm³/mol. The molecule has 2 heterocycles. The highest BCUT2D eigenvalue weighted by Crippen LogP contribution is 2.29. The van der Waals surface area contributed by atoms with E-state index in [-0.39, 0.29) is 17.9 Å². The van der Waals surface area contributed by atoms with Crippen LogP contribution in [-0.2, 0) is 14.8 Å². The number of rotatable bonds is 7. The van der Waals surface area contributed by atoms with Crippen molar-refractivity contribution in [3.8, 4) is 0 Å². The molecule has 33 heavy (non-hydrogen) atoms. The van der Waals surface area contributed by atoms with Gasteiger partial charge in [-0.1, -0.05) is 62.4 Å². The van der Waals surface area contributed by atoms with Gasteiger partial charge in [0, 0.05) is 23.9 Å². The van der Waals surface area contributed by atoms with Crippen LogP contribution in [0.2, 0.25) is 0 Å². The highest BCUT2D eigenvalue weighted by atomic mass is 32.2. The van der Waals surface area contributed by atoms with Crippen molar-refractivity contribution in [2.24, 2.45) is 5.92 Å². The van der Waals surface area contributed by atoms with Gasteiger partial charge in [-0.2, -0.15) is 4.31 Å². The highest BCUT2D eigenvalue weighted by molar-refractivity contribution is 7.89. The molecule has 1 fully saturated rings. The minimum atomic E-state index is -3.52. The number of thiophene rings is 1. The summed E-state index contributed by atoms with van der Waals surface area (Å²) in [6.45, 7) is 5.03. The van der Waals surface area contributed by atoms with Crippen LogP contribution in [0.3, 0.4) is 0 Å². The van der Waals surface area contributed by atoms with Crippen LogP contribution in [0.25, 0.3) is 0 Å². The Labute approximate surface area is 200 Å². The molecule has 1 atom stereocenters. The average Bonchev–Trinajstić information content (AvgIpc) is 3.38. The molecular weight excluding hydrogens is 452 g/mol. The van der Waals surface area contributed by atoms with E-state index >= 15 is 0 Å². The first-order chi connectivity index (χ1) is 15.9. The number of hydrogen-bond donors (Lipinski definition) is 1. The third-order valence-corrected chi connectivity index (χ3v) is 9.11. The summed E-state index contributed by atoms with van der Waals surface area (Å²) in [6, 6.07) is 20.8. The zero-order valence-corrected chi connectivity index (χ0v) is 20.6. The second kappa shape index (κ2) is 10.2. The van der Waals surface area contributed by atoms with Gasteiger partial charge in [0.05, 0.1) is 10.9 Å². The number of amides is 1. The van der Waals surface area contributed by atoms with Gasteiger partial charge in [0.25, 0.3) is 0 Å². The largest absolute Gasteiger partial charge is 0.344 e. The van der Waals surface area contributed by atoms with Gasteiger partial charge in [-0.3, -0.25) is 4.79 Å². The van der Waals surface area contributed by atoms with Crippen molar-refractivity contribution in [2.45, 2.75) is 43.5 Å². The summed E-state index contributed by atoms with van der Waals surface area (Å²) in [7, 11) is -3.52. The van der Waals surface area contributed by atoms with Crippen LogP contribution in [0.1, 0.15) is 54.7 Å².